The first kappa shape index (κ1) is 8.47. The van der Waals surface area contributed by atoms with Crippen LogP contribution < -0.4 is 0 Å². The summed E-state index contributed by atoms with van der Waals surface area (Å²) in [6.07, 6.45) is 0. The predicted octanol–water partition coefficient (Wildman–Crippen LogP) is 2.85. The molecule has 0 aromatic carbocycles. The molecule has 0 unspecified atom stereocenters. The van der Waals surface area contributed by atoms with Gasteiger partial charge in [0.15, 0.2) is 3.70 Å². The molecule has 0 radical (unpaired) electrons. The first-order valence-corrected chi connectivity index (χ1v) is 4.24. The summed E-state index contributed by atoms with van der Waals surface area (Å²) in [6.45, 7) is 10.8. The second kappa shape index (κ2) is 3.18. The van der Waals surface area contributed by atoms with Crippen LogP contribution >= 0.6 is 22.6 Å². The lowest BCUT2D eigenvalue weighted by molar-refractivity contribution is 1.19. The highest BCUT2D eigenvalue weighted by atomic mass is 127. The summed E-state index contributed by atoms with van der Waals surface area (Å²) in [6, 6.07) is 1.81. The topological polar surface area (TPSA) is 17.2 Å². The molecule has 1 aromatic heterocycles. The molecule has 0 atom stereocenters. The zero-order chi connectivity index (χ0) is 8.43. The quantitative estimate of drug-likeness (QED) is 0.397. The molecule has 0 aliphatic carbocycles. The average molecular weight is 258 g/mol. The van der Waals surface area contributed by atoms with Crippen molar-refractivity contribution < 1.29 is 0 Å². The van der Waals surface area contributed by atoms with Crippen LogP contribution in [0.1, 0.15) is 11.1 Å². The summed E-state index contributed by atoms with van der Waals surface area (Å²) >= 11 is 2.14. The number of hydrogen-bond donors (Lipinski definition) is 0. The third-order valence-electron chi connectivity index (χ3n) is 1.57. The largest absolute Gasteiger partial charge is 0.361 e. The lowest BCUT2D eigenvalue weighted by Gasteiger charge is -1.98. The van der Waals surface area contributed by atoms with Gasteiger partial charge in [0, 0.05) is 28.2 Å². The average Bonchev–Trinajstić information content (AvgIpc) is 1.99. The van der Waals surface area contributed by atoms with E-state index in [1.54, 1.807) is 0 Å². The van der Waals surface area contributed by atoms with E-state index in [9.17, 15) is 0 Å². The van der Waals surface area contributed by atoms with Gasteiger partial charge in [0.1, 0.15) is 0 Å². The van der Waals surface area contributed by atoms with Gasteiger partial charge in [-0.3, -0.25) is 0 Å². The number of pyridine rings is 1. The van der Waals surface area contributed by atoms with Gasteiger partial charge in [-0.15, -0.1) is 4.98 Å². The van der Waals surface area contributed by atoms with Crippen LogP contribution in [0.5, 0.6) is 0 Å². The predicted molar refractivity (Wildman–Crippen MR) is 52.7 cm³/mol. The van der Waals surface area contributed by atoms with Crippen LogP contribution in [0.2, 0.25) is 0 Å². The highest BCUT2D eigenvalue weighted by molar-refractivity contribution is 14.1. The van der Waals surface area contributed by atoms with Crippen LogP contribution in [0.3, 0.4) is 0 Å². The van der Waals surface area contributed by atoms with Gasteiger partial charge in [-0.1, -0.05) is 12.1 Å². The molecule has 1 aromatic rings. The fourth-order valence-electron chi connectivity index (χ4n) is 0.739. The van der Waals surface area contributed by atoms with E-state index < -0.39 is 0 Å². The number of aromatic nitrogens is 1. The molecule has 0 bridgehead atoms. The molecule has 0 aliphatic heterocycles. The van der Waals surface area contributed by atoms with E-state index >= 15 is 0 Å². The van der Waals surface area contributed by atoms with Crippen LogP contribution in [0.25, 0.3) is 4.85 Å². The normalized spacial score (nSPS) is 9.27. The van der Waals surface area contributed by atoms with Crippen LogP contribution in [-0.4, -0.2) is 4.98 Å². The second-order valence-electron chi connectivity index (χ2n) is 2.32. The van der Waals surface area contributed by atoms with Gasteiger partial charge >= 0.3 is 0 Å². The lowest BCUT2D eigenvalue weighted by Crippen LogP contribution is -1.89. The first-order chi connectivity index (χ1) is 5.15. The fourth-order valence-corrected chi connectivity index (χ4v) is 1.41. The van der Waals surface area contributed by atoms with Crippen molar-refractivity contribution in [2.24, 2.45) is 0 Å². The number of nitrogens with zero attached hydrogens (tertiary/aromatic N) is 2. The molecular weight excluding hydrogens is 251 g/mol. The van der Waals surface area contributed by atoms with Crippen LogP contribution in [0, 0.1) is 24.1 Å². The minimum atomic E-state index is 0.484. The molecule has 0 spiro atoms. The number of rotatable bonds is 0. The first-order valence-electron chi connectivity index (χ1n) is 3.16. The third-order valence-corrected chi connectivity index (χ3v) is 2.62. The highest BCUT2D eigenvalue weighted by Gasteiger charge is 2.04. The molecule has 3 heteroatoms. The minimum Gasteiger partial charge on any atom is -0.361 e. The van der Waals surface area contributed by atoms with Gasteiger partial charge in [0.25, 0.3) is 5.82 Å². The number of hydrogen-bond acceptors (Lipinski definition) is 1. The zero-order valence-corrected chi connectivity index (χ0v) is 8.51. The van der Waals surface area contributed by atoms with E-state index in [0.29, 0.717) is 5.82 Å². The van der Waals surface area contributed by atoms with Crippen molar-refractivity contribution in [2.45, 2.75) is 13.8 Å². The maximum Gasteiger partial charge on any atom is 0.270 e. The fraction of sp³-hybridized carbons (Fsp3) is 0.250. The molecule has 1 rings (SSSR count). The van der Waals surface area contributed by atoms with Crippen LogP contribution in [-0.2, 0) is 0 Å². The van der Waals surface area contributed by atoms with Crippen molar-refractivity contribution in [3.05, 3.63) is 32.3 Å². The van der Waals surface area contributed by atoms with E-state index in [1.165, 1.54) is 0 Å². The Hall–Kier alpha value is -0.630. The van der Waals surface area contributed by atoms with E-state index in [1.807, 2.05) is 19.9 Å². The molecule has 1 heterocycles. The molecule has 0 saturated carbocycles. The molecule has 0 fully saturated rings. The van der Waals surface area contributed by atoms with Crippen molar-refractivity contribution in [1.29, 1.82) is 0 Å². The summed E-state index contributed by atoms with van der Waals surface area (Å²) < 4.78 is 0.925. The van der Waals surface area contributed by atoms with Gasteiger partial charge < -0.3 is 4.85 Å². The zero-order valence-electron chi connectivity index (χ0n) is 6.35. The summed E-state index contributed by atoms with van der Waals surface area (Å²) in [5.74, 6) is 0.484. The minimum absolute atomic E-state index is 0.484. The monoisotopic (exact) mass is 258 g/mol. The van der Waals surface area contributed by atoms with Crippen molar-refractivity contribution in [1.82, 2.24) is 4.98 Å². The van der Waals surface area contributed by atoms with Crippen molar-refractivity contribution in [3.8, 4) is 0 Å². The van der Waals surface area contributed by atoms with Gasteiger partial charge in [-0.05, 0) is 19.9 Å². The Kier molecular flexibility index (Phi) is 2.45. The molecule has 56 valence electrons. The molecular formula is C8H7IN2. The smallest absolute Gasteiger partial charge is 0.270 e. The molecule has 11 heavy (non-hydrogen) atoms. The lowest BCUT2D eigenvalue weighted by atomic mass is 10.2. The summed E-state index contributed by atoms with van der Waals surface area (Å²) in [7, 11) is 0. The van der Waals surface area contributed by atoms with Gasteiger partial charge in [-0.25, -0.2) is 0 Å². The second-order valence-corrected chi connectivity index (χ2v) is 3.35. The Morgan fingerprint density at radius 3 is 2.64 bits per heavy atom. The maximum atomic E-state index is 6.77. The van der Waals surface area contributed by atoms with Gasteiger partial charge in [-0.2, -0.15) is 0 Å². The SMILES string of the molecule is [C-]#[N+]c1cc(C)c(C)c(I)n1. The van der Waals surface area contributed by atoms with E-state index in [4.69, 9.17) is 6.57 Å². The Labute approximate surface area is 79.6 Å². The summed E-state index contributed by atoms with van der Waals surface area (Å²) in [4.78, 5) is 7.35. The van der Waals surface area contributed by atoms with Crippen LogP contribution in [0.15, 0.2) is 6.07 Å². The Morgan fingerprint density at radius 1 is 1.55 bits per heavy atom. The Morgan fingerprint density at radius 2 is 2.18 bits per heavy atom. The standard InChI is InChI=1S/C8H7IN2/c1-5-4-7(10-3)11-8(9)6(5)2/h4H,1-2H3. The van der Waals surface area contributed by atoms with Gasteiger partial charge in [0.2, 0.25) is 0 Å². The van der Waals surface area contributed by atoms with E-state index in [2.05, 4.69) is 32.4 Å². The highest BCUT2D eigenvalue weighted by Crippen LogP contribution is 2.18. The van der Waals surface area contributed by atoms with E-state index in [-0.39, 0.29) is 0 Å². The molecule has 0 N–H and O–H groups in total. The van der Waals surface area contributed by atoms with Crippen molar-refractivity contribution >= 4 is 28.4 Å². The van der Waals surface area contributed by atoms with Crippen molar-refractivity contribution in [2.75, 3.05) is 0 Å². The number of aryl methyl sites for hydroxylation is 1. The molecule has 0 aliphatic rings. The third kappa shape index (κ3) is 1.69. The van der Waals surface area contributed by atoms with Crippen LogP contribution in [0.4, 0.5) is 5.82 Å². The summed E-state index contributed by atoms with van der Waals surface area (Å²) in [5, 5.41) is 0. The Balaban J connectivity index is 3.35. The van der Waals surface area contributed by atoms with E-state index in [0.717, 1.165) is 14.8 Å². The van der Waals surface area contributed by atoms with Crippen molar-refractivity contribution in [3.63, 3.8) is 0 Å². The molecule has 0 amide bonds. The maximum absolute atomic E-state index is 6.77. The number of halogens is 1. The molecule has 0 saturated heterocycles. The Bertz CT molecular complexity index is 302. The summed E-state index contributed by atoms with van der Waals surface area (Å²) in [5.41, 5.74) is 2.30. The molecule has 2 nitrogen and oxygen atoms in total. The van der Waals surface area contributed by atoms with Gasteiger partial charge in [0.05, 0.1) is 0 Å².